The Hall–Kier alpha value is -1.79. The van der Waals surface area contributed by atoms with Crippen molar-refractivity contribution in [3.8, 4) is 11.5 Å². The zero-order valence-corrected chi connectivity index (χ0v) is 12.6. The first-order valence-corrected chi connectivity index (χ1v) is 6.75. The SMILES string of the molecule is CNC1CCCN(C(=O)c2cc(-c3ccco3)on2)C1.Cl. The van der Waals surface area contributed by atoms with E-state index in [9.17, 15) is 4.79 Å². The summed E-state index contributed by atoms with van der Waals surface area (Å²) in [5.41, 5.74) is 0.327. The predicted octanol–water partition coefficient (Wildman–Crippen LogP) is 2.18. The molecule has 7 heteroatoms. The van der Waals surface area contributed by atoms with Crippen LogP contribution in [0.25, 0.3) is 11.5 Å². The molecule has 1 fully saturated rings. The predicted molar refractivity (Wildman–Crippen MR) is 79.4 cm³/mol. The van der Waals surface area contributed by atoms with Crippen molar-refractivity contribution in [2.75, 3.05) is 20.1 Å². The number of furan rings is 1. The summed E-state index contributed by atoms with van der Waals surface area (Å²) >= 11 is 0. The van der Waals surface area contributed by atoms with E-state index in [4.69, 9.17) is 8.94 Å². The third-order valence-electron chi connectivity index (χ3n) is 3.61. The van der Waals surface area contributed by atoms with Gasteiger partial charge in [-0.2, -0.15) is 0 Å². The molecule has 114 valence electrons. The van der Waals surface area contributed by atoms with Crippen LogP contribution in [0.2, 0.25) is 0 Å². The summed E-state index contributed by atoms with van der Waals surface area (Å²) in [4.78, 5) is 14.2. The lowest BCUT2D eigenvalue weighted by atomic mass is 10.1. The number of hydrogen-bond acceptors (Lipinski definition) is 5. The number of halogens is 1. The summed E-state index contributed by atoms with van der Waals surface area (Å²) in [6, 6.07) is 5.52. The van der Waals surface area contributed by atoms with Crippen molar-refractivity contribution in [1.82, 2.24) is 15.4 Å². The van der Waals surface area contributed by atoms with E-state index in [0.717, 1.165) is 19.4 Å². The minimum absolute atomic E-state index is 0. The second-order valence-corrected chi connectivity index (χ2v) is 4.93. The fraction of sp³-hybridized carbons (Fsp3) is 0.429. The molecular formula is C14H18ClN3O3. The van der Waals surface area contributed by atoms with Gasteiger partial charge in [-0.05, 0) is 32.0 Å². The number of carbonyl (C=O) groups is 1. The summed E-state index contributed by atoms with van der Waals surface area (Å²) in [5.74, 6) is 0.954. The van der Waals surface area contributed by atoms with Gasteiger partial charge in [0.25, 0.3) is 5.91 Å². The van der Waals surface area contributed by atoms with Gasteiger partial charge in [0.2, 0.25) is 5.76 Å². The number of hydrogen-bond donors (Lipinski definition) is 1. The Morgan fingerprint density at radius 3 is 3.05 bits per heavy atom. The molecule has 0 aliphatic carbocycles. The minimum atomic E-state index is -0.0912. The van der Waals surface area contributed by atoms with Gasteiger partial charge in [-0.3, -0.25) is 4.79 Å². The van der Waals surface area contributed by atoms with E-state index >= 15 is 0 Å². The third kappa shape index (κ3) is 3.28. The molecule has 1 atom stereocenters. The molecular weight excluding hydrogens is 294 g/mol. The zero-order valence-electron chi connectivity index (χ0n) is 11.7. The first-order chi connectivity index (χ1) is 9.78. The van der Waals surface area contributed by atoms with Crippen molar-refractivity contribution < 1.29 is 13.7 Å². The Morgan fingerprint density at radius 1 is 1.48 bits per heavy atom. The van der Waals surface area contributed by atoms with Crippen molar-refractivity contribution >= 4 is 18.3 Å². The second-order valence-electron chi connectivity index (χ2n) is 4.93. The molecule has 2 aromatic heterocycles. The molecule has 0 bridgehead atoms. The molecule has 3 heterocycles. The van der Waals surface area contributed by atoms with Crippen molar-refractivity contribution in [3.05, 3.63) is 30.2 Å². The molecule has 0 aromatic carbocycles. The van der Waals surface area contributed by atoms with Crippen LogP contribution in [0.5, 0.6) is 0 Å². The number of piperidine rings is 1. The minimum Gasteiger partial charge on any atom is -0.461 e. The number of aromatic nitrogens is 1. The Kier molecular flexibility index (Phi) is 5.03. The Bertz CT molecular complexity index is 582. The largest absolute Gasteiger partial charge is 0.461 e. The fourth-order valence-corrected chi connectivity index (χ4v) is 2.47. The highest BCUT2D eigenvalue weighted by molar-refractivity contribution is 5.93. The molecule has 6 nitrogen and oxygen atoms in total. The molecule has 1 aliphatic rings. The summed E-state index contributed by atoms with van der Waals surface area (Å²) in [5, 5.41) is 7.07. The smallest absolute Gasteiger partial charge is 0.276 e. The Morgan fingerprint density at radius 2 is 2.33 bits per heavy atom. The Balaban J connectivity index is 0.00000161. The summed E-state index contributed by atoms with van der Waals surface area (Å²) in [7, 11) is 1.92. The maximum atomic E-state index is 12.4. The van der Waals surface area contributed by atoms with Crippen LogP contribution in [0.3, 0.4) is 0 Å². The van der Waals surface area contributed by atoms with Crippen LogP contribution in [-0.2, 0) is 0 Å². The van der Waals surface area contributed by atoms with E-state index in [1.165, 1.54) is 0 Å². The first kappa shape index (κ1) is 15.6. The average molecular weight is 312 g/mol. The van der Waals surface area contributed by atoms with Crippen LogP contribution in [0, 0.1) is 0 Å². The molecule has 3 rings (SSSR count). The summed E-state index contributed by atoms with van der Waals surface area (Å²) in [6.45, 7) is 1.47. The molecule has 1 amide bonds. The maximum Gasteiger partial charge on any atom is 0.276 e. The monoisotopic (exact) mass is 311 g/mol. The number of nitrogens with one attached hydrogen (secondary N) is 1. The molecule has 1 saturated heterocycles. The number of likely N-dealkylation sites (N-methyl/N-ethyl adjacent to an activating group) is 1. The highest BCUT2D eigenvalue weighted by Crippen LogP contribution is 2.22. The van der Waals surface area contributed by atoms with E-state index in [-0.39, 0.29) is 18.3 Å². The van der Waals surface area contributed by atoms with E-state index in [1.807, 2.05) is 11.9 Å². The van der Waals surface area contributed by atoms with Crippen LogP contribution in [0.1, 0.15) is 23.3 Å². The van der Waals surface area contributed by atoms with Crippen LogP contribution in [0.4, 0.5) is 0 Å². The molecule has 2 aromatic rings. The van der Waals surface area contributed by atoms with Gasteiger partial charge in [-0.25, -0.2) is 0 Å². The lowest BCUT2D eigenvalue weighted by Gasteiger charge is -2.31. The van der Waals surface area contributed by atoms with Gasteiger partial charge >= 0.3 is 0 Å². The fourth-order valence-electron chi connectivity index (χ4n) is 2.47. The van der Waals surface area contributed by atoms with E-state index in [0.29, 0.717) is 29.8 Å². The first-order valence-electron chi connectivity index (χ1n) is 6.75. The molecule has 0 saturated carbocycles. The van der Waals surface area contributed by atoms with Crippen LogP contribution in [0.15, 0.2) is 33.4 Å². The number of likely N-dealkylation sites (tertiary alicyclic amines) is 1. The molecule has 1 aliphatic heterocycles. The topological polar surface area (TPSA) is 71.5 Å². The Labute approximate surface area is 128 Å². The molecule has 1 N–H and O–H groups in total. The standard InChI is InChI=1S/C14H17N3O3.ClH/c1-15-10-4-2-6-17(9-10)14(18)11-8-13(20-16-11)12-5-3-7-19-12;/h3,5,7-8,10,15H,2,4,6,9H2,1H3;1H. The molecule has 1 unspecified atom stereocenters. The van der Waals surface area contributed by atoms with Gasteiger partial charge in [0.15, 0.2) is 11.5 Å². The lowest BCUT2D eigenvalue weighted by Crippen LogP contribution is -2.47. The molecule has 0 spiro atoms. The van der Waals surface area contributed by atoms with Gasteiger partial charge in [0, 0.05) is 25.2 Å². The number of nitrogens with zero attached hydrogens (tertiary/aromatic N) is 2. The van der Waals surface area contributed by atoms with Crippen LogP contribution >= 0.6 is 12.4 Å². The van der Waals surface area contributed by atoms with E-state index in [2.05, 4.69) is 10.5 Å². The maximum absolute atomic E-state index is 12.4. The van der Waals surface area contributed by atoms with Crippen LogP contribution in [-0.4, -0.2) is 42.1 Å². The van der Waals surface area contributed by atoms with Gasteiger partial charge in [0.1, 0.15) is 0 Å². The number of amides is 1. The quantitative estimate of drug-likeness (QED) is 0.940. The number of rotatable bonds is 3. The molecule has 0 radical (unpaired) electrons. The highest BCUT2D eigenvalue weighted by Gasteiger charge is 2.26. The average Bonchev–Trinajstić information content (AvgIpc) is 3.17. The molecule has 21 heavy (non-hydrogen) atoms. The normalized spacial score (nSPS) is 18.3. The number of carbonyl (C=O) groups excluding carboxylic acids is 1. The highest BCUT2D eigenvalue weighted by atomic mass is 35.5. The van der Waals surface area contributed by atoms with Crippen LogP contribution < -0.4 is 5.32 Å². The van der Waals surface area contributed by atoms with Crippen molar-refractivity contribution in [1.29, 1.82) is 0 Å². The van der Waals surface area contributed by atoms with Crippen molar-refractivity contribution in [2.45, 2.75) is 18.9 Å². The van der Waals surface area contributed by atoms with E-state index in [1.54, 1.807) is 24.5 Å². The van der Waals surface area contributed by atoms with E-state index < -0.39 is 0 Å². The van der Waals surface area contributed by atoms with Crippen molar-refractivity contribution in [2.24, 2.45) is 0 Å². The summed E-state index contributed by atoms with van der Waals surface area (Å²) in [6.07, 6.45) is 3.65. The zero-order chi connectivity index (χ0) is 13.9. The summed E-state index contributed by atoms with van der Waals surface area (Å²) < 4.78 is 10.4. The lowest BCUT2D eigenvalue weighted by molar-refractivity contribution is 0.0688. The van der Waals surface area contributed by atoms with Gasteiger partial charge in [0.05, 0.1) is 6.26 Å². The van der Waals surface area contributed by atoms with Gasteiger partial charge < -0.3 is 19.2 Å². The van der Waals surface area contributed by atoms with Gasteiger partial charge in [-0.15, -0.1) is 12.4 Å². The second kappa shape index (κ2) is 6.78. The third-order valence-corrected chi connectivity index (χ3v) is 3.61. The van der Waals surface area contributed by atoms with Crippen molar-refractivity contribution in [3.63, 3.8) is 0 Å². The van der Waals surface area contributed by atoms with Gasteiger partial charge in [-0.1, -0.05) is 5.16 Å².